The summed E-state index contributed by atoms with van der Waals surface area (Å²) in [6.45, 7) is 7.58. The molecule has 0 aliphatic rings. The lowest BCUT2D eigenvalue weighted by atomic mass is 10.3. The number of rotatable bonds is 8. The van der Waals surface area contributed by atoms with E-state index in [4.69, 9.17) is 0 Å². The summed E-state index contributed by atoms with van der Waals surface area (Å²) >= 11 is 1.73. The van der Waals surface area contributed by atoms with E-state index in [0.29, 0.717) is 6.04 Å². The van der Waals surface area contributed by atoms with Crippen LogP contribution < -0.4 is 10.6 Å². The van der Waals surface area contributed by atoms with Gasteiger partial charge in [0.2, 0.25) is 0 Å². The van der Waals surface area contributed by atoms with Gasteiger partial charge in [0.1, 0.15) is 0 Å². The van der Waals surface area contributed by atoms with Crippen molar-refractivity contribution in [2.45, 2.75) is 32.7 Å². The van der Waals surface area contributed by atoms with Gasteiger partial charge in [0.15, 0.2) is 0 Å². The molecule has 0 spiro atoms. The fourth-order valence-electron chi connectivity index (χ4n) is 1.30. The normalized spacial score (nSPS) is 11.1. The summed E-state index contributed by atoms with van der Waals surface area (Å²) in [6.07, 6.45) is 4.11. The van der Waals surface area contributed by atoms with Gasteiger partial charge in [-0.05, 0) is 19.5 Å². The lowest BCUT2D eigenvalue weighted by molar-refractivity contribution is 0.548. The van der Waals surface area contributed by atoms with Crippen LogP contribution in [0.15, 0.2) is 11.6 Å². The van der Waals surface area contributed by atoms with Crippen molar-refractivity contribution in [2.75, 3.05) is 19.6 Å². The van der Waals surface area contributed by atoms with Crippen LogP contribution in [-0.2, 0) is 6.42 Å². The molecule has 15 heavy (non-hydrogen) atoms. The molecule has 4 heteroatoms. The molecule has 0 atom stereocenters. The van der Waals surface area contributed by atoms with E-state index in [9.17, 15) is 0 Å². The van der Waals surface area contributed by atoms with Crippen LogP contribution in [0.3, 0.4) is 0 Å². The Kier molecular flexibility index (Phi) is 6.55. The van der Waals surface area contributed by atoms with Gasteiger partial charge in [0.25, 0.3) is 0 Å². The molecule has 1 aromatic rings. The summed E-state index contributed by atoms with van der Waals surface area (Å²) in [5.41, 5.74) is 0. The molecule has 0 unspecified atom stereocenters. The fraction of sp³-hybridized carbons (Fsp3) is 0.727. The number of hydrogen-bond acceptors (Lipinski definition) is 4. The molecule has 0 saturated heterocycles. The molecule has 0 fully saturated rings. The van der Waals surface area contributed by atoms with Crippen molar-refractivity contribution in [2.24, 2.45) is 0 Å². The van der Waals surface area contributed by atoms with Gasteiger partial charge in [-0.25, -0.2) is 4.98 Å². The van der Waals surface area contributed by atoms with E-state index in [1.807, 2.05) is 11.6 Å². The molecule has 0 bridgehead atoms. The number of thiazole rings is 1. The maximum atomic E-state index is 4.24. The van der Waals surface area contributed by atoms with Crippen molar-refractivity contribution in [3.05, 3.63) is 16.6 Å². The van der Waals surface area contributed by atoms with Crippen LogP contribution in [0.5, 0.6) is 0 Å². The minimum absolute atomic E-state index is 0.598. The third-order valence-corrected chi connectivity index (χ3v) is 2.92. The van der Waals surface area contributed by atoms with Gasteiger partial charge < -0.3 is 10.6 Å². The molecule has 0 aliphatic carbocycles. The highest BCUT2D eigenvalue weighted by atomic mass is 32.1. The highest BCUT2D eigenvalue weighted by Crippen LogP contribution is 2.03. The van der Waals surface area contributed by atoms with Gasteiger partial charge in [-0.3, -0.25) is 0 Å². The standard InChI is InChI=1S/C11H21N3S/c1-10(2)13-6-3-5-12-7-4-11-14-8-9-15-11/h8-10,12-13H,3-7H2,1-2H3. The summed E-state index contributed by atoms with van der Waals surface area (Å²) < 4.78 is 0. The van der Waals surface area contributed by atoms with E-state index < -0.39 is 0 Å². The summed E-state index contributed by atoms with van der Waals surface area (Å²) in [5, 5.41) is 10.1. The van der Waals surface area contributed by atoms with Crippen molar-refractivity contribution in [3.63, 3.8) is 0 Å². The molecule has 2 N–H and O–H groups in total. The van der Waals surface area contributed by atoms with E-state index >= 15 is 0 Å². The smallest absolute Gasteiger partial charge is 0.0937 e. The van der Waals surface area contributed by atoms with Crippen LogP contribution in [0, 0.1) is 0 Å². The topological polar surface area (TPSA) is 37.0 Å². The molecule has 1 heterocycles. The first-order valence-corrected chi connectivity index (χ1v) is 6.49. The van der Waals surface area contributed by atoms with Crippen LogP contribution >= 0.6 is 11.3 Å². The van der Waals surface area contributed by atoms with Gasteiger partial charge in [-0.1, -0.05) is 13.8 Å². The van der Waals surface area contributed by atoms with Gasteiger partial charge in [0, 0.05) is 30.6 Å². The van der Waals surface area contributed by atoms with Gasteiger partial charge in [-0.2, -0.15) is 0 Å². The average Bonchev–Trinajstić information content (AvgIpc) is 2.68. The largest absolute Gasteiger partial charge is 0.316 e. The predicted molar refractivity (Wildman–Crippen MR) is 66.4 cm³/mol. The van der Waals surface area contributed by atoms with Crippen molar-refractivity contribution in [1.29, 1.82) is 0 Å². The van der Waals surface area contributed by atoms with Crippen LogP contribution in [0.25, 0.3) is 0 Å². The number of hydrogen-bond donors (Lipinski definition) is 2. The van der Waals surface area contributed by atoms with Crippen LogP contribution in [0.1, 0.15) is 25.3 Å². The molecule has 86 valence electrons. The summed E-state index contributed by atoms with van der Waals surface area (Å²) in [7, 11) is 0. The third kappa shape index (κ3) is 6.60. The van der Waals surface area contributed by atoms with Gasteiger partial charge >= 0.3 is 0 Å². The summed E-state index contributed by atoms with van der Waals surface area (Å²) in [5.74, 6) is 0. The van der Waals surface area contributed by atoms with Gasteiger partial charge in [-0.15, -0.1) is 11.3 Å². The molecule has 0 aromatic carbocycles. The Morgan fingerprint density at radius 3 is 2.87 bits per heavy atom. The minimum Gasteiger partial charge on any atom is -0.316 e. The first-order chi connectivity index (χ1) is 7.29. The summed E-state index contributed by atoms with van der Waals surface area (Å²) in [6, 6.07) is 0.598. The Morgan fingerprint density at radius 1 is 1.33 bits per heavy atom. The second-order valence-electron chi connectivity index (χ2n) is 3.89. The number of nitrogens with one attached hydrogen (secondary N) is 2. The molecular formula is C11H21N3S. The van der Waals surface area contributed by atoms with E-state index in [-0.39, 0.29) is 0 Å². The zero-order chi connectivity index (χ0) is 10.9. The fourth-order valence-corrected chi connectivity index (χ4v) is 1.92. The Balaban J connectivity index is 1.85. The molecule has 1 aromatic heterocycles. The molecule has 3 nitrogen and oxygen atoms in total. The maximum Gasteiger partial charge on any atom is 0.0937 e. The van der Waals surface area contributed by atoms with E-state index in [1.54, 1.807) is 11.3 Å². The Labute approximate surface area is 96.3 Å². The zero-order valence-electron chi connectivity index (χ0n) is 9.62. The van der Waals surface area contributed by atoms with E-state index in [0.717, 1.165) is 26.1 Å². The third-order valence-electron chi connectivity index (χ3n) is 2.08. The van der Waals surface area contributed by atoms with Gasteiger partial charge in [0.05, 0.1) is 5.01 Å². The lowest BCUT2D eigenvalue weighted by Gasteiger charge is -2.07. The Hall–Kier alpha value is -0.450. The van der Waals surface area contributed by atoms with Crippen molar-refractivity contribution >= 4 is 11.3 Å². The Morgan fingerprint density at radius 2 is 2.20 bits per heavy atom. The first-order valence-electron chi connectivity index (χ1n) is 5.61. The quantitative estimate of drug-likeness (QED) is 0.663. The maximum absolute atomic E-state index is 4.24. The molecular weight excluding hydrogens is 206 g/mol. The minimum atomic E-state index is 0.598. The molecule has 0 aliphatic heterocycles. The van der Waals surface area contributed by atoms with Crippen molar-refractivity contribution in [3.8, 4) is 0 Å². The highest BCUT2D eigenvalue weighted by Gasteiger charge is 1.95. The van der Waals surface area contributed by atoms with Crippen LogP contribution in [-0.4, -0.2) is 30.7 Å². The lowest BCUT2D eigenvalue weighted by Crippen LogP contribution is -2.27. The zero-order valence-corrected chi connectivity index (χ0v) is 10.4. The first kappa shape index (κ1) is 12.6. The molecule has 0 saturated carbocycles. The average molecular weight is 227 g/mol. The van der Waals surface area contributed by atoms with Crippen molar-refractivity contribution < 1.29 is 0 Å². The summed E-state index contributed by atoms with van der Waals surface area (Å²) in [4.78, 5) is 4.24. The monoisotopic (exact) mass is 227 g/mol. The molecule has 0 radical (unpaired) electrons. The van der Waals surface area contributed by atoms with Crippen LogP contribution in [0.4, 0.5) is 0 Å². The molecule has 1 rings (SSSR count). The van der Waals surface area contributed by atoms with Crippen molar-refractivity contribution in [1.82, 2.24) is 15.6 Å². The SMILES string of the molecule is CC(C)NCCCNCCc1nccs1. The number of aromatic nitrogens is 1. The Bertz CT molecular complexity index is 234. The molecule has 0 amide bonds. The highest BCUT2D eigenvalue weighted by molar-refractivity contribution is 7.09. The second kappa shape index (κ2) is 7.79. The van der Waals surface area contributed by atoms with E-state index in [2.05, 4.69) is 29.5 Å². The van der Waals surface area contributed by atoms with Crippen LogP contribution in [0.2, 0.25) is 0 Å². The number of nitrogens with zero attached hydrogens (tertiary/aromatic N) is 1. The predicted octanol–water partition coefficient (Wildman–Crippen LogP) is 1.66. The van der Waals surface area contributed by atoms with E-state index in [1.165, 1.54) is 11.4 Å². The second-order valence-corrected chi connectivity index (χ2v) is 4.87.